The van der Waals surface area contributed by atoms with Crippen molar-refractivity contribution in [1.82, 2.24) is 5.32 Å². The number of alkyl carbamates (subject to hydrolysis) is 1. The van der Waals surface area contributed by atoms with Crippen molar-refractivity contribution >= 4 is 23.6 Å². The van der Waals surface area contributed by atoms with Gasteiger partial charge in [0.05, 0.1) is 5.69 Å². The molecule has 0 saturated carbocycles. The third-order valence-electron chi connectivity index (χ3n) is 4.15. The summed E-state index contributed by atoms with van der Waals surface area (Å²) in [6.07, 6.45) is -0.763. The van der Waals surface area contributed by atoms with Crippen LogP contribution in [0.25, 0.3) is 0 Å². The molecule has 0 bridgehead atoms. The molecule has 1 aromatic carbocycles. The Bertz CT molecular complexity index is 701. The van der Waals surface area contributed by atoms with E-state index < -0.39 is 11.7 Å². The maximum absolute atomic E-state index is 11.9. The molecular weight excluding hydrogens is 338 g/mol. The molecule has 8 heteroatoms. The lowest BCUT2D eigenvalue weighted by Gasteiger charge is -2.30. The standard InChI is InChI=1S/C18H25N3O5/c1-18(2,3)26-16(22)19-7-8-20(4)12-5-6-14-15(9-12)24-10-13-11-25-17(23)21(13)14/h5-6,9,13H,7-8,10-11H2,1-4H3,(H,19,22). The van der Waals surface area contributed by atoms with E-state index in [4.69, 9.17) is 14.2 Å². The molecule has 26 heavy (non-hydrogen) atoms. The van der Waals surface area contributed by atoms with Crippen LogP contribution in [0, 0.1) is 0 Å². The van der Waals surface area contributed by atoms with E-state index in [9.17, 15) is 9.59 Å². The number of amides is 2. The predicted octanol–water partition coefficient (Wildman–Crippen LogP) is 2.37. The quantitative estimate of drug-likeness (QED) is 0.885. The minimum atomic E-state index is -0.513. The molecule has 0 aromatic heterocycles. The molecular formula is C18H25N3O5. The molecule has 1 N–H and O–H groups in total. The van der Waals surface area contributed by atoms with Crippen LogP contribution in [-0.4, -0.2) is 57.2 Å². The number of cyclic esters (lactones) is 1. The van der Waals surface area contributed by atoms with Gasteiger partial charge in [0, 0.05) is 31.9 Å². The maximum Gasteiger partial charge on any atom is 0.414 e. The van der Waals surface area contributed by atoms with Crippen LogP contribution in [0.5, 0.6) is 5.75 Å². The van der Waals surface area contributed by atoms with Crippen molar-refractivity contribution in [2.24, 2.45) is 0 Å². The minimum Gasteiger partial charge on any atom is -0.489 e. The third kappa shape index (κ3) is 3.95. The summed E-state index contributed by atoms with van der Waals surface area (Å²) in [5.74, 6) is 0.657. The highest BCUT2D eigenvalue weighted by Crippen LogP contribution is 2.39. The van der Waals surface area contributed by atoms with E-state index in [0.29, 0.717) is 32.1 Å². The number of hydrogen-bond acceptors (Lipinski definition) is 6. The van der Waals surface area contributed by atoms with Gasteiger partial charge >= 0.3 is 12.2 Å². The lowest BCUT2D eigenvalue weighted by atomic mass is 10.1. The Labute approximate surface area is 153 Å². The molecule has 2 amide bonds. The maximum atomic E-state index is 11.9. The Balaban J connectivity index is 1.58. The summed E-state index contributed by atoms with van der Waals surface area (Å²) < 4.78 is 16.1. The summed E-state index contributed by atoms with van der Waals surface area (Å²) in [5.41, 5.74) is 1.15. The summed E-state index contributed by atoms with van der Waals surface area (Å²) in [5, 5.41) is 2.73. The number of likely N-dealkylation sites (N-methyl/N-ethyl adjacent to an activating group) is 1. The van der Waals surface area contributed by atoms with Gasteiger partial charge in [0.1, 0.15) is 30.6 Å². The van der Waals surface area contributed by atoms with Gasteiger partial charge in [-0.1, -0.05) is 0 Å². The van der Waals surface area contributed by atoms with Gasteiger partial charge in [-0.05, 0) is 32.9 Å². The van der Waals surface area contributed by atoms with Crippen LogP contribution in [-0.2, 0) is 9.47 Å². The fraction of sp³-hybridized carbons (Fsp3) is 0.556. The Kier molecular flexibility index (Phi) is 4.84. The average Bonchev–Trinajstić information content (AvgIpc) is 2.94. The molecule has 0 spiro atoms. The van der Waals surface area contributed by atoms with Crippen LogP contribution >= 0.6 is 0 Å². The number of hydrogen-bond donors (Lipinski definition) is 1. The third-order valence-corrected chi connectivity index (χ3v) is 4.15. The van der Waals surface area contributed by atoms with E-state index in [1.165, 1.54) is 0 Å². The summed E-state index contributed by atoms with van der Waals surface area (Å²) in [7, 11) is 1.92. The van der Waals surface area contributed by atoms with Crippen LogP contribution in [0.3, 0.4) is 0 Å². The number of carbonyl (C=O) groups is 2. The second-order valence-corrected chi connectivity index (χ2v) is 7.41. The Hall–Kier alpha value is -2.64. The largest absolute Gasteiger partial charge is 0.489 e. The molecule has 1 aromatic rings. The molecule has 0 radical (unpaired) electrons. The topological polar surface area (TPSA) is 80.3 Å². The molecule has 2 aliphatic heterocycles. The lowest BCUT2D eigenvalue weighted by molar-refractivity contribution is 0.0529. The highest BCUT2D eigenvalue weighted by Gasteiger charge is 2.39. The molecule has 8 nitrogen and oxygen atoms in total. The highest BCUT2D eigenvalue weighted by molar-refractivity contribution is 5.93. The molecule has 1 unspecified atom stereocenters. The molecule has 2 heterocycles. The molecule has 1 atom stereocenters. The Morgan fingerprint density at radius 3 is 2.81 bits per heavy atom. The smallest absolute Gasteiger partial charge is 0.414 e. The number of benzene rings is 1. The SMILES string of the molecule is CN(CCNC(=O)OC(C)(C)C)c1ccc2c(c1)OCC1COC(=O)N21. The van der Waals surface area contributed by atoms with E-state index in [1.807, 2.05) is 50.9 Å². The van der Waals surface area contributed by atoms with Crippen LogP contribution in [0.1, 0.15) is 20.8 Å². The number of ether oxygens (including phenoxy) is 3. The van der Waals surface area contributed by atoms with Gasteiger partial charge in [-0.25, -0.2) is 9.59 Å². The van der Waals surface area contributed by atoms with Crippen molar-refractivity contribution < 1.29 is 23.8 Å². The number of rotatable bonds is 4. The van der Waals surface area contributed by atoms with Crippen molar-refractivity contribution in [3.05, 3.63) is 18.2 Å². The molecule has 1 saturated heterocycles. The summed E-state index contributed by atoms with van der Waals surface area (Å²) in [6, 6.07) is 5.62. The van der Waals surface area contributed by atoms with E-state index in [0.717, 1.165) is 11.4 Å². The zero-order chi connectivity index (χ0) is 18.9. The fourth-order valence-electron chi connectivity index (χ4n) is 2.89. The van der Waals surface area contributed by atoms with Gasteiger partial charge in [0.15, 0.2) is 0 Å². The second kappa shape index (κ2) is 6.93. The van der Waals surface area contributed by atoms with Crippen LogP contribution in [0.15, 0.2) is 18.2 Å². The second-order valence-electron chi connectivity index (χ2n) is 7.41. The molecule has 142 valence electrons. The molecule has 1 fully saturated rings. The zero-order valence-corrected chi connectivity index (χ0v) is 15.6. The van der Waals surface area contributed by atoms with Crippen molar-refractivity contribution in [3.63, 3.8) is 0 Å². The van der Waals surface area contributed by atoms with Crippen LogP contribution in [0.4, 0.5) is 21.0 Å². The van der Waals surface area contributed by atoms with Gasteiger partial charge in [-0.3, -0.25) is 4.90 Å². The van der Waals surface area contributed by atoms with Crippen molar-refractivity contribution in [2.45, 2.75) is 32.4 Å². The van der Waals surface area contributed by atoms with Crippen LogP contribution in [0.2, 0.25) is 0 Å². The molecule has 0 aliphatic carbocycles. The van der Waals surface area contributed by atoms with Crippen LogP contribution < -0.4 is 19.9 Å². The lowest BCUT2D eigenvalue weighted by Crippen LogP contribution is -2.41. The van der Waals surface area contributed by atoms with E-state index in [-0.39, 0.29) is 12.1 Å². The first-order valence-corrected chi connectivity index (χ1v) is 8.65. The van der Waals surface area contributed by atoms with Crippen molar-refractivity contribution in [1.29, 1.82) is 0 Å². The number of nitrogens with one attached hydrogen (secondary N) is 1. The van der Waals surface area contributed by atoms with Gasteiger partial charge in [0.25, 0.3) is 0 Å². The van der Waals surface area contributed by atoms with Gasteiger partial charge < -0.3 is 24.4 Å². The van der Waals surface area contributed by atoms with Gasteiger partial charge in [-0.15, -0.1) is 0 Å². The van der Waals surface area contributed by atoms with Gasteiger partial charge in [-0.2, -0.15) is 0 Å². The van der Waals surface area contributed by atoms with Crippen molar-refractivity contribution in [3.8, 4) is 5.75 Å². The highest BCUT2D eigenvalue weighted by atomic mass is 16.6. The summed E-state index contributed by atoms with van der Waals surface area (Å²) in [6.45, 7) is 7.31. The number of carbonyl (C=O) groups excluding carboxylic acids is 2. The molecule has 3 rings (SSSR count). The Morgan fingerprint density at radius 1 is 1.35 bits per heavy atom. The van der Waals surface area contributed by atoms with E-state index >= 15 is 0 Å². The van der Waals surface area contributed by atoms with E-state index in [2.05, 4.69) is 5.32 Å². The Morgan fingerprint density at radius 2 is 2.08 bits per heavy atom. The fourth-order valence-corrected chi connectivity index (χ4v) is 2.89. The first-order valence-electron chi connectivity index (χ1n) is 8.65. The summed E-state index contributed by atoms with van der Waals surface area (Å²) in [4.78, 5) is 27.2. The number of nitrogens with zero attached hydrogens (tertiary/aromatic N) is 2. The summed E-state index contributed by atoms with van der Waals surface area (Å²) >= 11 is 0. The normalized spacial score (nSPS) is 18.4. The number of fused-ring (bicyclic) bond motifs is 3. The average molecular weight is 363 g/mol. The molecule has 2 aliphatic rings. The minimum absolute atomic E-state index is 0.0587. The monoisotopic (exact) mass is 363 g/mol. The van der Waals surface area contributed by atoms with E-state index in [1.54, 1.807) is 4.90 Å². The number of anilines is 2. The first-order chi connectivity index (χ1) is 12.2. The van der Waals surface area contributed by atoms with Gasteiger partial charge in [0.2, 0.25) is 0 Å². The predicted molar refractivity (Wildman–Crippen MR) is 97.1 cm³/mol. The first kappa shape index (κ1) is 18.2. The van der Waals surface area contributed by atoms with Crippen molar-refractivity contribution in [2.75, 3.05) is 43.2 Å². The zero-order valence-electron chi connectivity index (χ0n) is 15.6.